The first-order chi connectivity index (χ1) is 12.6. The SMILES string of the molecule is O=C(Nc1ccc(Br)cn1)C1=C2COCCN2N(c2ccccc2)C1O. The molecule has 1 unspecified atom stereocenters. The van der Waals surface area contributed by atoms with Crippen molar-refractivity contribution in [1.29, 1.82) is 0 Å². The van der Waals surface area contributed by atoms with E-state index in [0.29, 0.717) is 24.7 Å². The van der Waals surface area contributed by atoms with Crippen LogP contribution in [0.25, 0.3) is 0 Å². The van der Waals surface area contributed by atoms with Crippen molar-refractivity contribution >= 4 is 33.3 Å². The lowest BCUT2D eigenvalue weighted by Gasteiger charge is -2.37. The average Bonchev–Trinajstić information content (AvgIpc) is 2.96. The molecule has 0 saturated carbocycles. The Morgan fingerprint density at radius 3 is 2.81 bits per heavy atom. The van der Waals surface area contributed by atoms with E-state index in [0.717, 1.165) is 10.2 Å². The zero-order valence-electron chi connectivity index (χ0n) is 13.8. The summed E-state index contributed by atoms with van der Waals surface area (Å²) in [5.74, 6) is 0.0243. The fraction of sp³-hybridized carbons (Fsp3) is 0.222. The highest BCUT2D eigenvalue weighted by Crippen LogP contribution is 2.35. The van der Waals surface area contributed by atoms with Crippen LogP contribution in [0.15, 0.2) is 64.4 Å². The summed E-state index contributed by atoms with van der Waals surface area (Å²) in [7, 11) is 0. The third kappa shape index (κ3) is 3.07. The van der Waals surface area contributed by atoms with Gasteiger partial charge >= 0.3 is 0 Å². The number of anilines is 2. The summed E-state index contributed by atoms with van der Waals surface area (Å²) >= 11 is 3.31. The van der Waals surface area contributed by atoms with Gasteiger partial charge in [-0.2, -0.15) is 0 Å². The lowest BCUT2D eigenvalue weighted by Crippen LogP contribution is -2.47. The molecule has 1 aromatic heterocycles. The van der Waals surface area contributed by atoms with Crippen LogP contribution in [0.3, 0.4) is 0 Å². The van der Waals surface area contributed by atoms with E-state index >= 15 is 0 Å². The highest BCUT2D eigenvalue weighted by Gasteiger charge is 2.42. The summed E-state index contributed by atoms with van der Waals surface area (Å²) < 4.78 is 6.34. The highest BCUT2D eigenvalue weighted by molar-refractivity contribution is 9.10. The molecule has 1 atom stereocenters. The third-order valence-corrected chi connectivity index (χ3v) is 4.76. The quantitative estimate of drug-likeness (QED) is 0.797. The van der Waals surface area contributed by atoms with Gasteiger partial charge in [0.05, 0.1) is 36.7 Å². The van der Waals surface area contributed by atoms with E-state index in [1.165, 1.54) is 0 Å². The molecule has 2 N–H and O–H groups in total. The molecular formula is C18H17BrN4O3. The van der Waals surface area contributed by atoms with E-state index in [1.54, 1.807) is 23.3 Å². The van der Waals surface area contributed by atoms with Crippen LogP contribution in [0.1, 0.15) is 0 Å². The summed E-state index contributed by atoms with van der Waals surface area (Å²) in [6, 6.07) is 13.0. The van der Waals surface area contributed by atoms with E-state index in [4.69, 9.17) is 4.74 Å². The van der Waals surface area contributed by atoms with Crippen molar-refractivity contribution < 1.29 is 14.6 Å². The molecule has 2 aromatic rings. The van der Waals surface area contributed by atoms with Crippen molar-refractivity contribution in [2.75, 3.05) is 30.1 Å². The summed E-state index contributed by atoms with van der Waals surface area (Å²) in [5, 5.41) is 17.3. The molecule has 0 aliphatic carbocycles. The number of pyridine rings is 1. The van der Waals surface area contributed by atoms with Crippen molar-refractivity contribution in [3.63, 3.8) is 0 Å². The van der Waals surface area contributed by atoms with E-state index < -0.39 is 12.1 Å². The number of aliphatic hydroxyl groups is 1. The number of morpholine rings is 1. The van der Waals surface area contributed by atoms with Crippen molar-refractivity contribution in [1.82, 2.24) is 9.99 Å². The van der Waals surface area contributed by atoms with E-state index in [1.807, 2.05) is 35.3 Å². The lowest BCUT2D eigenvalue weighted by atomic mass is 10.1. The molecule has 26 heavy (non-hydrogen) atoms. The molecule has 8 heteroatoms. The van der Waals surface area contributed by atoms with Gasteiger partial charge in [-0.15, -0.1) is 0 Å². The Morgan fingerprint density at radius 2 is 2.08 bits per heavy atom. The Bertz CT molecular complexity index is 841. The molecule has 4 rings (SSSR count). The second-order valence-electron chi connectivity index (χ2n) is 5.91. The van der Waals surface area contributed by atoms with E-state index in [-0.39, 0.29) is 12.2 Å². The summed E-state index contributed by atoms with van der Waals surface area (Å²) in [6.07, 6.45) is 0.509. The minimum Gasteiger partial charge on any atom is -0.373 e. The smallest absolute Gasteiger partial charge is 0.259 e. The molecular weight excluding hydrogens is 400 g/mol. The zero-order chi connectivity index (χ0) is 18.1. The summed E-state index contributed by atoms with van der Waals surface area (Å²) in [5.41, 5.74) is 1.75. The van der Waals surface area contributed by atoms with Gasteiger partial charge in [0.1, 0.15) is 5.82 Å². The topological polar surface area (TPSA) is 77.9 Å². The standard InChI is InChI=1S/C18H17BrN4O3/c19-12-6-7-15(20-10-12)21-17(24)16-14-11-26-9-8-22(14)23(18(16)25)13-4-2-1-3-5-13/h1-7,10,18,25H,8-9,11H2,(H,20,21,24). The summed E-state index contributed by atoms with van der Waals surface area (Å²) in [6.45, 7) is 1.37. The minimum atomic E-state index is -1.09. The molecule has 2 aliphatic heterocycles. The van der Waals surface area contributed by atoms with Gasteiger partial charge in [0.25, 0.3) is 5.91 Å². The van der Waals surface area contributed by atoms with Gasteiger partial charge in [-0.3, -0.25) is 14.8 Å². The number of amides is 1. The Kier molecular flexibility index (Phi) is 4.62. The van der Waals surface area contributed by atoms with Crippen LogP contribution >= 0.6 is 15.9 Å². The maximum Gasteiger partial charge on any atom is 0.259 e. The molecule has 1 saturated heterocycles. The maximum absolute atomic E-state index is 12.9. The third-order valence-electron chi connectivity index (χ3n) is 4.29. The van der Waals surface area contributed by atoms with Gasteiger partial charge in [0.15, 0.2) is 6.23 Å². The highest BCUT2D eigenvalue weighted by atomic mass is 79.9. The van der Waals surface area contributed by atoms with Crippen LogP contribution < -0.4 is 10.3 Å². The van der Waals surface area contributed by atoms with Crippen molar-refractivity contribution in [2.45, 2.75) is 6.23 Å². The predicted octanol–water partition coefficient (Wildman–Crippen LogP) is 2.12. The van der Waals surface area contributed by atoms with Gasteiger partial charge in [0.2, 0.25) is 0 Å². The minimum absolute atomic E-state index is 0.275. The first kappa shape index (κ1) is 17.0. The molecule has 0 bridgehead atoms. The normalized spacial score (nSPS) is 19.5. The number of hydrogen-bond donors (Lipinski definition) is 2. The number of carbonyl (C=O) groups is 1. The van der Waals surface area contributed by atoms with Crippen molar-refractivity contribution in [3.8, 4) is 0 Å². The Balaban J connectivity index is 1.65. The monoisotopic (exact) mass is 416 g/mol. The van der Waals surface area contributed by atoms with Gasteiger partial charge in [-0.25, -0.2) is 4.98 Å². The first-order valence-electron chi connectivity index (χ1n) is 8.18. The van der Waals surface area contributed by atoms with Gasteiger partial charge in [0, 0.05) is 10.7 Å². The van der Waals surface area contributed by atoms with Crippen LogP contribution in [-0.2, 0) is 9.53 Å². The lowest BCUT2D eigenvalue weighted by molar-refractivity contribution is -0.113. The fourth-order valence-electron chi connectivity index (χ4n) is 3.13. The molecule has 1 fully saturated rings. The van der Waals surface area contributed by atoms with Gasteiger partial charge in [-0.05, 0) is 40.2 Å². The molecule has 134 valence electrons. The Hall–Kier alpha value is -2.42. The number of fused-ring (bicyclic) bond motifs is 1. The number of carbonyl (C=O) groups excluding carboxylic acids is 1. The van der Waals surface area contributed by atoms with Crippen LogP contribution in [-0.4, -0.2) is 47.0 Å². The molecule has 1 aromatic carbocycles. The molecule has 2 aliphatic rings. The number of hydrazine groups is 1. The second kappa shape index (κ2) is 7.06. The number of para-hydroxylation sites is 1. The van der Waals surface area contributed by atoms with Crippen molar-refractivity contribution in [3.05, 3.63) is 64.4 Å². The second-order valence-corrected chi connectivity index (χ2v) is 6.82. The summed E-state index contributed by atoms with van der Waals surface area (Å²) in [4.78, 5) is 17.0. The van der Waals surface area contributed by atoms with E-state index in [2.05, 4.69) is 26.2 Å². The maximum atomic E-state index is 12.9. The number of rotatable bonds is 3. The molecule has 0 radical (unpaired) electrons. The number of benzene rings is 1. The number of nitrogens with zero attached hydrogens (tertiary/aromatic N) is 3. The Morgan fingerprint density at radius 1 is 1.27 bits per heavy atom. The predicted molar refractivity (Wildman–Crippen MR) is 100 cm³/mol. The van der Waals surface area contributed by atoms with Gasteiger partial charge < -0.3 is 15.2 Å². The number of ether oxygens (including phenoxy) is 1. The van der Waals surface area contributed by atoms with Gasteiger partial charge in [-0.1, -0.05) is 18.2 Å². The number of nitrogens with one attached hydrogen (secondary N) is 1. The van der Waals surface area contributed by atoms with E-state index in [9.17, 15) is 9.90 Å². The number of halogens is 1. The number of aliphatic hydroxyl groups excluding tert-OH is 1. The van der Waals surface area contributed by atoms with Crippen LogP contribution in [0, 0.1) is 0 Å². The molecule has 3 heterocycles. The first-order valence-corrected chi connectivity index (χ1v) is 8.98. The van der Waals surface area contributed by atoms with Crippen LogP contribution in [0.5, 0.6) is 0 Å². The molecule has 7 nitrogen and oxygen atoms in total. The molecule has 0 spiro atoms. The fourth-order valence-corrected chi connectivity index (χ4v) is 3.36. The number of aromatic nitrogens is 1. The number of hydrogen-bond acceptors (Lipinski definition) is 6. The van der Waals surface area contributed by atoms with Crippen LogP contribution in [0.4, 0.5) is 11.5 Å². The van der Waals surface area contributed by atoms with Crippen molar-refractivity contribution in [2.24, 2.45) is 0 Å². The molecule has 1 amide bonds. The average molecular weight is 417 g/mol. The van der Waals surface area contributed by atoms with Crippen LogP contribution in [0.2, 0.25) is 0 Å². The largest absolute Gasteiger partial charge is 0.373 e. The zero-order valence-corrected chi connectivity index (χ0v) is 15.4. The Labute approximate surface area is 159 Å².